The number of pyridine rings is 1. The summed E-state index contributed by atoms with van der Waals surface area (Å²) in [5, 5.41) is 18.8. The van der Waals surface area contributed by atoms with Crippen LogP contribution >= 0.6 is 11.6 Å². The smallest absolute Gasteiger partial charge is 0.129 e. The summed E-state index contributed by atoms with van der Waals surface area (Å²) in [7, 11) is 1.84. The van der Waals surface area contributed by atoms with E-state index in [1.54, 1.807) is 6.07 Å². The summed E-state index contributed by atoms with van der Waals surface area (Å²) in [6.07, 6.45) is 1.51. The lowest BCUT2D eigenvalue weighted by Gasteiger charge is -2.35. The van der Waals surface area contributed by atoms with Gasteiger partial charge in [0.15, 0.2) is 0 Å². The predicted molar refractivity (Wildman–Crippen MR) is 64.7 cm³/mol. The molecule has 0 atom stereocenters. The molecule has 1 heterocycles. The molecule has 0 saturated heterocycles. The summed E-state index contributed by atoms with van der Waals surface area (Å²) in [5.74, 6) is 0.674. The maximum Gasteiger partial charge on any atom is 0.129 e. The Kier molecular flexibility index (Phi) is 4.13. The lowest BCUT2D eigenvalue weighted by molar-refractivity contribution is 0.215. The van der Waals surface area contributed by atoms with Gasteiger partial charge in [-0.1, -0.05) is 11.6 Å². The molecule has 0 saturated carbocycles. The summed E-state index contributed by atoms with van der Waals surface area (Å²) >= 11 is 5.86. The molecule has 0 unspecified atom stereocenters. The quantitative estimate of drug-likeness (QED) is 0.842. The first-order valence-corrected chi connectivity index (χ1v) is 5.40. The van der Waals surface area contributed by atoms with E-state index in [-0.39, 0.29) is 13.2 Å². The van der Waals surface area contributed by atoms with Crippen LogP contribution in [0.2, 0.25) is 5.02 Å². The molecule has 4 nitrogen and oxygen atoms in total. The summed E-state index contributed by atoms with van der Waals surface area (Å²) < 4.78 is 0. The first kappa shape index (κ1) is 13.2. The Balaban J connectivity index is 3.05. The van der Waals surface area contributed by atoms with Crippen LogP contribution in [0.5, 0.6) is 0 Å². The van der Waals surface area contributed by atoms with Crippen molar-refractivity contribution in [3.05, 3.63) is 22.8 Å². The zero-order valence-electron chi connectivity index (χ0n) is 9.74. The number of aromatic nitrogens is 1. The Labute approximate surface area is 100 Å². The number of nitrogens with zero attached hydrogens (tertiary/aromatic N) is 2. The zero-order valence-corrected chi connectivity index (χ0v) is 10.5. The van der Waals surface area contributed by atoms with Crippen molar-refractivity contribution < 1.29 is 10.2 Å². The van der Waals surface area contributed by atoms with E-state index >= 15 is 0 Å². The number of rotatable bonds is 4. The van der Waals surface area contributed by atoms with Crippen LogP contribution in [0.15, 0.2) is 12.3 Å². The highest BCUT2D eigenvalue weighted by molar-refractivity contribution is 6.31. The lowest BCUT2D eigenvalue weighted by atomic mass is 10.1. The molecule has 16 heavy (non-hydrogen) atoms. The highest BCUT2D eigenvalue weighted by atomic mass is 35.5. The van der Waals surface area contributed by atoms with Crippen molar-refractivity contribution in [2.75, 3.05) is 18.6 Å². The van der Waals surface area contributed by atoms with Gasteiger partial charge in [-0.25, -0.2) is 4.98 Å². The summed E-state index contributed by atoms with van der Waals surface area (Å²) in [5.41, 5.74) is 0.223. The predicted octanol–water partition coefficient (Wildman–Crippen LogP) is 1.43. The van der Waals surface area contributed by atoms with Crippen LogP contribution in [0.25, 0.3) is 0 Å². The minimum absolute atomic E-state index is 0.0161. The van der Waals surface area contributed by atoms with Crippen LogP contribution in [0, 0.1) is 0 Å². The van der Waals surface area contributed by atoms with Gasteiger partial charge in [-0.2, -0.15) is 0 Å². The highest BCUT2D eigenvalue weighted by Gasteiger charge is 2.24. The fourth-order valence-electron chi connectivity index (χ4n) is 1.19. The molecule has 90 valence electrons. The number of aliphatic hydroxyl groups is 2. The Morgan fingerprint density at radius 3 is 2.56 bits per heavy atom. The first-order chi connectivity index (χ1) is 7.42. The van der Waals surface area contributed by atoms with Crippen molar-refractivity contribution in [3.63, 3.8) is 0 Å². The summed E-state index contributed by atoms with van der Waals surface area (Å²) in [4.78, 5) is 6.02. The fourth-order valence-corrected chi connectivity index (χ4v) is 1.35. The van der Waals surface area contributed by atoms with E-state index in [1.807, 2.05) is 25.8 Å². The Morgan fingerprint density at radius 2 is 2.06 bits per heavy atom. The number of likely N-dealkylation sites (N-methyl/N-ethyl adjacent to an activating group) is 1. The molecule has 5 heteroatoms. The zero-order chi connectivity index (χ0) is 12.3. The van der Waals surface area contributed by atoms with E-state index in [1.165, 1.54) is 6.20 Å². The number of hydrogen-bond donors (Lipinski definition) is 2. The van der Waals surface area contributed by atoms with Gasteiger partial charge < -0.3 is 15.1 Å². The van der Waals surface area contributed by atoms with Gasteiger partial charge >= 0.3 is 0 Å². The minimum Gasteiger partial charge on any atom is -0.394 e. The average Bonchev–Trinajstić information content (AvgIpc) is 2.28. The Bertz CT molecular complexity index is 369. The molecule has 0 radical (unpaired) electrons. The third kappa shape index (κ3) is 2.64. The van der Waals surface area contributed by atoms with Crippen LogP contribution in [0.1, 0.15) is 19.4 Å². The van der Waals surface area contributed by atoms with Gasteiger partial charge in [-0.15, -0.1) is 0 Å². The maximum absolute atomic E-state index is 9.26. The van der Waals surface area contributed by atoms with Crippen molar-refractivity contribution in [1.29, 1.82) is 0 Å². The van der Waals surface area contributed by atoms with Gasteiger partial charge in [-0.3, -0.25) is 0 Å². The van der Waals surface area contributed by atoms with Crippen molar-refractivity contribution in [3.8, 4) is 0 Å². The molecule has 0 aromatic carbocycles. The molecule has 0 fully saturated rings. The topological polar surface area (TPSA) is 56.6 Å². The second-order valence-electron chi connectivity index (χ2n) is 4.32. The van der Waals surface area contributed by atoms with Crippen molar-refractivity contribution in [2.24, 2.45) is 0 Å². The monoisotopic (exact) mass is 244 g/mol. The van der Waals surface area contributed by atoms with Crippen LogP contribution in [0.3, 0.4) is 0 Å². The lowest BCUT2D eigenvalue weighted by Crippen LogP contribution is -2.44. The van der Waals surface area contributed by atoms with E-state index in [0.717, 1.165) is 0 Å². The highest BCUT2D eigenvalue weighted by Crippen LogP contribution is 2.24. The minimum atomic E-state index is -0.409. The number of aliphatic hydroxyl groups excluding tert-OH is 2. The third-order valence-electron chi connectivity index (χ3n) is 2.73. The van der Waals surface area contributed by atoms with Crippen LogP contribution in [-0.4, -0.2) is 34.4 Å². The van der Waals surface area contributed by atoms with Gasteiger partial charge in [0.25, 0.3) is 0 Å². The molecular formula is C11H17ClN2O2. The molecule has 0 bridgehead atoms. The maximum atomic E-state index is 9.26. The van der Waals surface area contributed by atoms with E-state index in [2.05, 4.69) is 4.98 Å². The summed E-state index contributed by atoms with van der Waals surface area (Å²) in [6, 6.07) is 1.72. The molecule has 0 aliphatic rings. The van der Waals surface area contributed by atoms with Gasteiger partial charge in [0.05, 0.1) is 23.8 Å². The van der Waals surface area contributed by atoms with Crippen LogP contribution < -0.4 is 4.90 Å². The van der Waals surface area contributed by atoms with Gasteiger partial charge in [0, 0.05) is 18.8 Å². The average molecular weight is 245 g/mol. The number of halogens is 1. The van der Waals surface area contributed by atoms with Crippen LogP contribution in [-0.2, 0) is 6.61 Å². The second-order valence-corrected chi connectivity index (χ2v) is 4.73. The molecule has 0 spiro atoms. The largest absolute Gasteiger partial charge is 0.394 e. The molecule has 1 rings (SSSR count). The van der Waals surface area contributed by atoms with Gasteiger partial charge in [-0.05, 0) is 19.9 Å². The Hall–Kier alpha value is -0.840. The number of hydrogen-bond acceptors (Lipinski definition) is 4. The van der Waals surface area contributed by atoms with Crippen LogP contribution in [0.4, 0.5) is 5.82 Å². The molecular weight excluding hydrogens is 228 g/mol. The van der Waals surface area contributed by atoms with E-state index in [4.69, 9.17) is 16.7 Å². The SMILES string of the molecule is CN(c1cc(CO)c(Cl)cn1)C(C)(C)CO. The second kappa shape index (κ2) is 4.99. The molecule has 1 aromatic heterocycles. The summed E-state index contributed by atoms with van der Waals surface area (Å²) in [6.45, 7) is 3.70. The normalized spacial score (nSPS) is 11.6. The van der Waals surface area contributed by atoms with Gasteiger partial charge in [0.1, 0.15) is 5.82 Å². The van der Waals surface area contributed by atoms with Crippen molar-refractivity contribution >= 4 is 17.4 Å². The standard InChI is InChI=1S/C11H17ClN2O2/c1-11(2,7-16)14(3)10-4-8(6-15)9(12)5-13-10/h4-5,15-16H,6-7H2,1-3H3. The fraction of sp³-hybridized carbons (Fsp3) is 0.545. The van der Waals surface area contributed by atoms with Crippen molar-refractivity contribution in [2.45, 2.75) is 26.0 Å². The van der Waals surface area contributed by atoms with E-state index < -0.39 is 5.54 Å². The van der Waals surface area contributed by atoms with E-state index in [0.29, 0.717) is 16.4 Å². The van der Waals surface area contributed by atoms with Crippen molar-refractivity contribution in [1.82, 2.24) is 4.98 Å². The first-order valence-electron chi connectivity index (χ1n) is 5.02. The molecule has 0 amide bonds. The third-order valence-corrected chi connectivity index (χ3v) is 3.07. The van der Waals surface area contributed by atoms with Gasteiger partial charge in [0.2, 0.25) is 0 Å². The molecule has 0 aliphatic heterocycles. The Morgan fingerprint density at radius 1 is 1.44 bits per heavy atom. The van der Waals surface area contributed by atoms with E-state index in [9.17, 15) is 5.11 Å². The number of anilines is 1. The molecule has 1 aromatic rings. The molecule has 2 N–H and O–H groups in total. The molecule has 0 aliphatic carbocycles.